The van der Waals surface area contributed by atoms with E-state index in [1.807, 2.05) is 6.08 Å². The third kappa shape index (κ3) is 7.36. The van der Waals surface area contributed by atoms with E-state index in [9.17, 15) is 9.90 Å². The quantitative estimate of drug-likeness (QED) is 0.393. The summed E-state index contributed by atoms with van der Waals surface area (Å²) >= 11 is 0. The van der Waals surface area contributed by atoms with Crippen molar-refractivity contribution in [3.05, 3.63) is 12.2 Å². The Morgan fingerprint density at radius 1 is 1.32 bits per heavy atom. The number of hydrogen-bond acceptors (Lipinski definition) is 3. The Hall–Kier alpha value is -0.830. The Kier molecular flexibility index (Phi) is 8.55. The smallest absolute Gasteiger partial charge is 0.306 e. The number of esters is 1. The molecular formula is C16H28O3. The number of ether oxygens (including phenoxy) is 1. The zero-order chi connectivity index (χ0) is 13.9. The van der Waals surface area contributed by atoms with Crippen molar-refractivity contribution in [1.82, 2.24) is 0 Å². The molecular weight excluding hydrogens is 240 g/mol. The van der Waals surface area contributed by atoms with Gasteiger partial charge in [0.15, 0.2) is 0 Å². The van der Waals surface area contributed by atoms with Gasteiger partial charge in [-0.05, 0) is 32.1 Å². The number of rotatable bonds is 9. The molecule has 1 fully saturated rings. The molecule has 0 amide bonds. The van der Waals surface area contributed by atoms with Crippen LogP contribution in [0.5, 0.6) is 0 Å². The number of cyclic esters (lactones) is 1. The van der Waals surface area contributed by atoms with Crippen molar-refractivity contribution < 1.29 is 14.6 Å². The van der Waals surface area contributed by atoms with Crippen LogP contribution in [0, 0.1) is 0 Å². The van der Waals surface area contributed by atoms with Crippen molar-refractivity contribution in [2.24, 2.45) is 0 Å². The lowest BCUT2D eigenvalue weighted by atomic mass is 10.0. The summed E-state index contributed by atoms with van der Waals surface area (Å²) in [5, 5.41) is 9.94. The lowest BCUT2D eigenvalue weighted by Crippen LogP contribution is -2.34. The Morgan fingerprint density at radius 3 is 2.84 bits per heavy atom. The van der Waals surface area contributed by atoms with Crippen LogP contribution in [-0.2, 0) is 9.53 Å². The fraction of sp³-hybridized carbons (Fsp3) is 0.812. The molecule has 1 aliphatic rings. The van der Waals surface area contributed by atoms with Gasteiger partial charge in [-0.3, -0.25) is 4.79 Å². The first-order valence-corrected chi connectivity index (χ1v) is 7.76. The maximum absolute atomic E-state index is 11.1. The van der Waals surface area contributed by atoms with Gasteiger partial charge in [0.25, 0.3) is 0 Å². The normalized spacial score (nSPS) is 21.6. The highest BCUT2D eigenvalue weighted by Gasteiger charge is 2.26. The molecule has 0 aliphatic carbocycles. The largest absolute Gasteiger partial charge is 0.460 e. The molecule has 0 aromatic rings. The number of aliphatic hydroxyl groups is 1. The van der Waals surface area contributed by atoms with Crippen LogP contribution >= 0.6 is 0 Å². The van der Waals surface area contributed by atoms with E-state index in [4.69, 9.17) is 4.74 Å². The van der Waals surface area contributed by atoms with Gasteiger partial charge < -0.3 is 9.84 Å². The van der Waals surface area contributed by atoms with Crippen LogP contribution in [-0.4, -0.2) is 23.3 Å². The number of unbranched alkanes of at least 4 members (excludes halogenated alkanes) is 5. The van der Waals surface area contributed by atoms with Crippen LogP contribution in [0.4, 0.5) is 0 Å². The molecule has 0 saturated carbocycles. The van der Waals surface area contributed by atoms with Crippen molar-refractivity contribution >= 4 is 5.97 Å². The molecule has 1 saturated heterocycles. The summed E-state index contributed by atoms with van der Waals surface area (Å²) in [4.78, 5) is 11.1. The van der Waals surface area contributed by atoms with Gasteiger partial charge in [0.2, 0.25) is 0 Å². The minimum absolute atomic E-state index is 0.171. The number of hydrogen-bond donors (Lipinski definition) is 1. The van der Waals surface area contributed by atoms with Gasteiger partial charge in [0, 0.05) is 6.42 Å². The fourth-order valence-electron chi connectivity index (χ4n) is 2.38. The van der Waals surface area contributed by atoms with E-state index in [0.717, 1.165) is 19.3 Å². The van der Waals surface area contributed by atoms with Crippen molar-refractivity contribution in [3.63, 3.8) is 0 Å². The first-order chi connectivity index (χ1) is 9.24. The third-order valence-corrected chi connectivity index (χ3v) is 3.60. The van der Waals surface area contributed by atoms with E-state index in [1.165, 1.54) is 32.1 Å². The number of allylic oxidation sites excluding steroid dienone is 1. The third-order valence-electron chi connectivity index (χ3n) is 3.60. The van der Waals surface area contributed by atoms with E-state index >= 15 is 0 Å². The molecule has 0 aromatic heterocycles. The first-order valence-electron chi connectivity index (χ1n) is 7.76. The van der Waals surface area contributed by atoms with Gasteiger partial charge in [-0.15, -0.1) is 0 Å². The zero-order valence-electron chi connectivity index (χ0n) is 12.1. The minimum Gasteiger partial charge on any atom is -0.460 e. The number of carbonyl (C=O) groups is 1. The van der Waals surface area contributed by atoms with Gasteiger partial charge in [-0.25, -0.2) is 0 Å². The van der Waals surface area contributed by atoms with E-state index in [0.29, 0.717) is 12.8 Å². The highest BCUT2D eigenvalue weighted by atomic mass is 16.6. The molecule has 0 aromatic carbocycles. The van der Waals surface area contributed by atoms with Gasteiger partial charge in [0.1, 0.15) is 6.10 Å². The van der Waals surface area contributed by atoms with Crippen LogP contribution in [0.2, 0.25) is 0 Å². The van der Waals surface area contributed by atoms with Gasteiger partial charge >= 0.3 is 5.97 Å². The van der Waals surface area contributed by atoms with Crippen LogP contribution in [0.25, 0.3) is 0 Å². The predicted octanol–water partition coefficient (Wildman–Crippen LogP) is 3.75. The monoisotopic (exact) mass is 268 g/mol. The lowest BCUT2D eigenvalue weighted by molar-refractivity contribution is -0.160. The minimum atomic E-state index is -0.541. The first kappa shape index (κ1) is 16.2. The molecule has 0 radical (unpaired) electrons. The van der Waals surface area contributed by atoms with E-state index in [2.05, 4.69) is 13.0 Å². The molecule has 1 aliphatic heterocycles. The molecule has 1 heterocycles. The maximum atomic E-state index is 11.1. The van der Waals surface area contributed by atoms with Crippen molar-refractivity contribution in [2.75, 3.05) is 0 Å². The molecule has 0 unspecified atom stereocenters. The summed E-state index contributed by atoms with van der Waals surface area (Å²) < 4.78 is 5.15. The van der Waals surface area contributed by atoms with Crippen LogP contribution < -0.4 is 0 Å². The van der Waals surface area contributed by atoms with Gasteiger partial charge in [-0.1, -0.05) is 44.8 Å². The average molecular weight is 268 g/mol. The highest BCUT2D eigenvalue weighted by molar-refractivity contribution is 5.70. The van der Waals surface area contributed by atoms with Crippen molar-refractivity contribution in [3.8, 4) is 0 Å². The van der Waals surface area contributed by atoms with Crippen molar-refractivity contribution in [1.29, 1.82) is 0 Å². The Labute approximate surface area is 117 Å². The van der Waals surface area contributed by atoms with Gasteiger partial charge in [0.05, 0.1) is 6.10 Å². The SMILES string of the molecule is CCCCCCCC=CC[C@H](O)[C@H]1CCCC(=O)O1. The predicted molar refractivity (Wildman–Crippen MR) is 76.9 cm³/mol. The standard InChI is InChI=1S/C16H28O3/c1-2-3-4-5-6-7-8-9-11-14(17)15-12-10-13-16(18)19-15/h8-9,14-15,17H,2-7,10-13H2,1H3/t14-,15+/m0/s1. The lowest BCUT2D eigenvalue weighted by Gasteiger charge is -2.25. The molecule has 0 spiro atoms. The molecule has 3 heteroatoms. The van der Waals surface area contributed by atoms with Crippen LogP contribution in [0.3, 0.4) is 0 Å². The molecule has 3 nitrogen and oxygen atoms in total. The Balaban J connectivity index is 2.05. The summed E-state index contributed by atoms with van der Waals surface area (Å²) in [6.45, 7) is 2.22. The van der Waals surface area contributed by atoms with Crippen LogP contribution in [0.15, 0.2) is 12.2 Å². The average Bonchev–Trinajstić information content (AvgIpc) is 2.41. The zero-order valence-corrected chi connectivity index (χ0v) is 12.1. The molecule has 2 atom stereocenters. The van der Waals surface area contributed by atoms with E-state index in [-0.39, 0.29) is 12.1 Å². The fourth-order valence-corrected chi connectivity index (χ4v) is 2.38. The summed E-state index contributed by atoms with van der Waals surface area (Å²) in [5.41, 5.74) is 0. The summed E-state index contributed by atoms with van der Waals surface area (Å²) in [7, 11) is 0. The second-order valence-corrected chi connectivity index (χ2v) is 5.40. The summed E-state index contributed by atoms with van der Waals surface area (Å²) in [6, 6.07) is 0. The molecule has 1 rings (SSSR count). The maximum Gasteiger partial charge on any atom is 0.306 e. The second-order valence-electron chi connectivity index (χ2n) is 5.40. The van der Waals surface area contributed by atoms with Gasteiger partial charge in [-0.2, -0.15) is 0 Å². The molecule has 19 heavy (non-hydrogen) atoms. The number of aliphatic hydroxyl groups excluding tert-OH is 1. The highest BCUT2D eigenvalue weighted by Crippen LogP contribution is 2.19. The topological polar surface area (TPSA) is 46.5 Å². The number of carbonyl (C=O) groups excluding carboxylic acids is 1. The molecule has 0 bridgehead atoms. The summed E-state index contributed by atoms with van der Waals surface area (Å²) in [6.07, 6.45) is 13.6. The molecule has 1 N–H and O–H groups in total. The van der Waals surface area contributed by atoms with Crippen LogP contribution in [0.1, 0.15) is 71.1 Å². The Bertz CT molecular complexity index is 273. The van der Waals surface area contributed by atoms with Crippen molar-refractivity contribution in [2.45, 2.75) is 83.3 Å². The van der Waals surface area contributed by atoms with E-state index < -0.39 is 6.10 Å². The Morgan fingerprint density at radius 2 is 2.11 bits per heavy atom. The van der Waals surface area contributed by atoms with E-state index in [1.54, 1.807) is 0 Å². The second kappa shape index (κ2) is 10.0. The molecule has 110 valence electrons. The summed E-state index contributed by atoms with van der Waals surface area (Å²) in [5.74, 6) is -0.171.